The summed E-state index contributed by atoms with van der Waals surface area (Å²) < 4.78 is 38.7. The molecule has 0 fully saturated rings. The zero-order chi connectivity index (χ0) is 15.0. The zero-order valence-electron chi connectivity index (χ0n) is 11.3. The lowest BCUT2D eigenvalue weighted by Crippen LogP contribution is -2.16. The van der Waals surface area contributed by atoms with Crippen molar-refractivity contribution in [2.75, 3.05) is 11.4 Å². The predicted molar refractivity (Wildman–Crippen MR) is 76.5 cm³/mol. The molecular weight excluding hydrogens is 277 g/mol. The Hall–Kier alpha value is -2.01. The maximum absolute atomic E-state index is 12.9. The molecule has 2 aromatic rings. The van der Waals surface area contributed by atoms with Crippen molar-refractivity contribution in [3.05, 3.63) is 59.2 Å². The van der Waals surface area contributed by atoms with Gasteiger partial charge in [0.05, 0.1) is 5.56 Å². The van der Waals surface area contributed by atoms with E-state index in [-0.39, 0.29) is 12.1 Å². The third-order valence-electron chi connectivity index (χ3n) is 3.81. The highest BCUT2D eigenvalue weighted by Gasteiger charge is 2.33. The molecule has 0 bridgehead atoms. The van der Waals surface area contributed by atoms with E-state index in [2.05, 4.69) is 0 Å². The fourth-order valence-corrected chi connectivity index (χ4v) is 2.80. The number of alkyl halides is 3. The summed E-state index contributed by atoms with van der Waals surface area (Å²) >= 11 is 0. The van der Waals surface area contributed by atoms with E-state index in [4.69, 9.17) is 5.73 Å². The molecule has 0 radical (unpaired) electrons. The fourth-order valence-electron chi connectivity index (χ4n) is 2.80. The Labute approximate surface area is 121 Å². The molecule has 0 spiro atoms. The number of anilines is 2. The van der Waals surface area contributed by atoms with Gasteiger partial charge in [-0.05, 0) is 41.8 Å². The number of fused-ring (bicyclic) bond motifs is 1. The van der Waals surface area contributed by atoms with E-state index in [1.807, 2.05) is 29.2 Å². The molecule has 0 unspecified atom stereocenters. The minimum atomic E-state index is -4.36. The second-order valence-corrected chi connectivity index (χ2v) is 5.07. The second-order valence-electron chi connectivity index (χ2n) is 5.07. The van der Waals surface area contributed by atoms with Crippen molar-refractivity contribution < 1.29 is 13.2 Å². The third kappa shape index (κ3) is 2.49. The van der Waals surface area contributed by atoms with Gasteiger partial charge in [-0.2, -0.15) is 13.2 Å². The van der Waals surface area contributed by atoms with Gasteiger partial charge in [-0.15, -0.1) is 0 Å². The van der Waals surface area contributed by atoms with Crippen LogP contribution >= 0.6 is 0 Å². The second kappa shape index (κ2) is 5.07. The van der Waals surface area contributed by atoms with Crippen LogP contribution in [0.2, 0.25) is 0 Å². The van der Waals surface area contributed by atoms with Crippen LogP contribution in [-0.4, -0.2) is 6.54 Å². The van der Waals surface area contributed by atoms with Crippen molar-refractivity contribution in [1.82, 2.24) is 0 Å². The molecule has 3 rings (SSSR count). The van der Waals surface area contributed by atoms with Crippen molar-refractivity contribution in [2.24, 2.45) is 5.73 Å². The summed E-state index contributed by atoms with van der Waals surface area (Å²) in [5.41, 5.74) is 8.00. The molecule has 0 saturated heterocycles. The molecule has 0 saturated carbocycles. The summed E-state index contributed by atoms with van der Waals surface area (Å²) in [6.45, 7) is 0.646. The molecule has 2 N–H and O–H groups in total. The van der Waals surface area contributed by atoms with E-state index >= 15 is 0 Å². The first kappa shape index (κ1) is 13.9. The van der Waals surface area contributed by atoms with Crippen molar-refractivity contribution in [3.8, 4) is 0 Å². The van der Waals surface area contributed by atoms with E-state index in [0.29, 0.717) is 0 Å². The van der Waals surface area contributed by atoms with Gasteiger partial charge >= 0.3 is 6.18 Å². The number of hydrogen-bond donors (Lipinski definition) is 1. The number of rotatable bonds is 2. The highest BCUT2D eigenvalue weighted by Crippen LogP contribution is 2.38. The molecule has 1 aliphatic rings. The predicted octanol–water partition coefficient (Wildman–Crippen LogP) is 3.86. The van der Waals surface area contributed by atoms with Crippen LogP contribution in [0.4, 0.5) is 24.5 Å². The Morgan fingerprint density at radius 3 is 2.57 bits per heavy atom. The molecule has 0 amide bonds. The smallest absolute Gasteiger partial charge is 0.341 e. The average Bonchev–Trinajstić information content (AvgIpc) is 2.89. The standard InChI is InChI=1S/C16H15F3N2/c17-16(18,19)14-6-5-13(9-12(14)10-20)21-8-7-11-3-1-2-4-15(11)21/h1-6,9H,7-8,10,20H2. The average molecular weight is 292 g/mol. The highest BCUT2D eigenvalue weighted by molar-refractivity contribution is 5.70. The lowest BCUT2D eigenvalue weighted by atomic mass is 10.1. The van der Waals surface area contributed by atoms with Crippen molar-refractivity contribution in [3.63, 3.8) is 0 Å². The molecular formula is C16H15F3N2. The molecule has 0 atom stereocenters. The molecule has 1 heterocycles. The Bertz CT molecular complexity index is 665. The van der Waals surface area contributed by atoms with Crippen LogP contribution in [0.3, 0.4) is 0 Å². The maximum Gasteiger partial charge on any atom is 0.416 e. The van der Waals surface area contributed by atoms with Crippen LogP contribution in [-0.2, 0) is 19.1 Å². The number of nitrogens with zero attached hydrogens (tertiary/aromatic N) is 1. The van der Waals surface area contributed by atoms with Gasteiger partial charge in [0.2, 0.25) is 0 Å². The number of benzene rings is 2. The van der Waals surface area contributed by atoms with E-state index in [1.165, 1.54) is 11.6 Å². The van der Waals surface area contributed by atoms with E-state index in [0.717, 1.165) is 30.4 Å². The molecule has 5 heteroatoms. The number of hydrogen-bond acceptors (Lipinski definition) is 2. The first-order chi connectivity index (χ1) is 10.0. The summed E-state index contributed by atoms with van der Waals surface area (Å²) in [5, 5.41) is 0. The van der Waals surface area contributed by atoms with Gasteiger partial charge in [0.1, 0.15) is 0 Å². The Kier molecular flexibility index (Phi) is 3.37. The van der Waals surface area contributed by atoms with E-state index < -0.39 is 11.7 Å². The Morgan fingerprint density at radius 2 is 1.86 bits per heavy atom. The molecule has 2 aromatic carbocycles. The Balaban J connectivity index is 2.02. The number of halogens is 3. The van der Waals surface area contributed by atoms with Gasteiger partial charge in [-0.3, -0.25) is 0 Å². The molecule has 0 aromatic heterocycles. The van der Waals surface area contributed by atoms with Crippen LogP contribution in [0.5, 0.6) is 0 Å². The molecule has 1 aliphatic heterocycles. The van der Waals surface area contributed by atoms with E-state index in [1.54, 1.807) is 6.07 Å². The molecule has 2 nitrogen and oxygen atoms in total. The van der Waals surface area contributed by atoms with Crippen molar-refractivity contribution in [1.29, 1.82) is 0 Å². The fraction of sp³-hybridized carbons (Fsp3) is 0.250. The summed E-state index contributed by atoms with van der Waals surface area (Å²) in [7, 11) is 0. The van der Waals surface area contributed by atoms with Gasteiger partial charge in [0, 0.05) is 24.5 Å². The molecule has 110 valence electrons. The maximum atomic E-state index is 12.9. The third-order valence-corrected chi connectivity index (χ3v) is 3.81. The lowest BCUT2D eigenvalue weighted by molar-refractivity contribution is -0.138. The largest absolute Gasteiger partial charge is 0.416 e. The summed E-state index contributed by atoms with van der Waals surface area (Å²) in [5.74, 6) is 0. The van der Waals surface area contributed by atoms with Crippen LogP contribution in [0.25, 0.3) is 0 Å². The van der Waals surface area contributed by atoms with Gasteiger partial charge in [-0.25, -0.2) is 0 Å². The summed E-state index contributed by atoms with van der Waals surface area (Å²) in [4.78, 5) is 2.04. The first-order valence-corrected chi connectivity index (χ1v) is 6.76. The van der Waals surface area contributed by atoms with Gasteiger partial charge in [0.15, 0.2) is 0 Å². The SMILES string of the molecule is NCc1cc(N2CCc3ccccc32)ccc1C(F)(F)F. The minimum Gasteiger partial charge on any atom is -0.341 e. The normalized spacial score (nSPS) is 14.4. The van der Waals surface area contributed by atoms with Crippen LogP contribution in [0, 0.1) is 0 Å². The lowest BCUT2D eigenvalue weighted by Gasteiger charge is -2.22. The summed E-state index contributed by atoms with van der Waals surface area (Å²) in [6.07, 6.45) is -3.47. The highest BCUT2D eigenvalue weighted by atomic mass is 19.4. The monoisotopic (exact) mass is 292 g/mol. The summed E-state index contributed by atoms with van der Waals surface area (Å²) in [6, 6.07) is 12.1. The minimum absolute atomic E-state index is 0.127. The number of nitrogens with two attached hydrogens (primary N) is 1. The van der Waals surface area contributed by atoms with Gasteiger partial charge in [0.25, 0.3) is 0 Å². The van der Waals surface area contributed by atoms with Crippen LogP contribution < -0.4 is 10.6 Å². The number of para-hydroxylation sites is 1. The zero-order valence-corrected chi connectivity index (χ0v) is 11.3. The van der Waals surface area contributed by atoms with Gasteiger partial charge in [-0.1, -0.05) is 18.2 Å². The van der Waals surface area contributed by atoms with Gasteiger partial charge < -0.3 is 10.6 Å². The topological polar surface area (TPSA) is 29.3 Å². The molecule has 0 aliphatic carbocycles. The van der Waals surface area contributed by atoms with Crippen LogP contribution in [0.15, 0.2) is 42.5 Å². The quantitative estimate of drug-likeness (QED) is 0.910. The van der Waals surface area contributed by atoms with Crippen molar-refractivity contribution >= 4 is 11.4 Å². The van der Waals surface area contributed by atoms with E-state index in [9.17, 15) is 13.2 Å². The molecule has 21 heavy (non-hydrogen) atoms. The van der Waals surface area contributed by atoms with Crippen LogP contribution in [0.1, 0.15) is 16.7 Å². The van der Waals surface area contributed by atoms with Crippen molar-refractivity contribution in [2.45, 2.75) is 19.1 Å². The first-order valence-electron chi connectivity index (χ1n) is 6.76. The Morgan fingerprint density at radius 1 is 1.10 bits per heavy atom.